The van der Waals surface area contributed by atoms with Gasteiger partial charge in [0, 0.05) is 75.0 Å². The van der Waals surface area contributed by atoms with E-state index in [2.05, 4.69) is 45.4 Å². The molecule has 5 nitrogen and oxygen atoms in total. The average molecular weight is 369 g/mol. The van der Waals surface area contributed by atoms with Gasteiger partial charge in [0.25, 0.3) is 5.91 Å². The summed E-state index contributed by atoms with van der Waals surface area (Å²) >= 11 is 0. The van der Waals surface area contributed by atoms with Crippen molar-refractivity contribution in [2.24, 2.45) is 13.0 Å². The normalized spacial score (nSPS) is 21.7. The van der Waals surface area contributed by atoms with E-state index in [0.717, 1.165) is 42.4 Å². The molecule has 1 atom stereocenters. The van der Waals surface area contributed by atoms with Gasteiger partial charge in [0.05, 0.1) is 0 Å². The van der Waals surface area contributed by atoms with E-state index >= 15 is 0 Å². The first-order chi connectivity index (χ1) is 13.0. The first-order valence-corrected chi connectivity index (χ1v) is 10.3. The fourth-order valence-corrected chi connectivity index (χ4v) is 4.77. The number of benzene rings is 1. The standard InChI is InChI=1S/C22H32N4O/c1-17(25-15-13-23(2)14-16-25)18-7-11-26(12-8-18)22(27)20-5-4-6-21-19(20)9-10-24(21)3/h4-6,9-10,17-18H,7-8,11-16H2,1-3H3/t17-/m0/s1. The highest BCUT2D eigenvalue weighted by molar-refractivity contribution is 6.06. The highest BCUT2D eigenvalue weighted by Crippen LogP contribution is 2.27. The zero-order valence-electron chi connectivity index (χ0n) is 16.9. The number of likely N-dealkylation sites (tertiary alicyclic amines) is 1. The van der Waals surface area contributed by atoms with Crippen LogP contribution in [-0.2, 0) is 7.05 Å². The van der Waals surface area contributed by atoms with E-state index in [4.69, 9.17) is 0 Å². The van der Waals surface area contributed by atoms with Crippen LogP contribution < -0.4 is 0 Å². The average Bonchev–Trinajstić information content (AvgIpc) is 3.09. The van der Waals surface area contributed by atoms with E-state index in [1.54, 1.807) is 0 Å². The fraction of sp³-hybridized carbons (Fsp3) is 0.591. The van der Waals surface area contributed by atoms with E-state index in [1.165, 1.54) is 26.2 Å². The summed E-state index contributed by atoms with van der Waals surface area (Å²) < 4.78 is 2.08. The molecule has 3 heterocycles. The topological polar surface area (TPSA) is 31.7 Å². The smallest absolute Gasteiger partial charge is 0.254 e. The summed E-state index contributed by atoms with van der Waals surface area (Å²) in [5.41, 5.74) is 1.97. The maximum atomic E-state index is 13.1. The third-order valence-electron chi connectivity index (χ3n) is 6.78. The molecular formula is C22H32N4O. The summed E-state index contributed by atoms with van der Waals surface area (Å²) in [6.45, 7) is 8.83. The van der Waals surface area contributed by atoms with Crippen molar-refractivity contribution in [2.75, 3.05) is 46.3 Å². The molecule has 0 unspecified atom stereocenters. The Morgan fingerprint density at radius 2 is 1.70 bits per heavy atom. The maximum absolute atomic E-state index is 13.1. The van der Waals surface area contributed by atoms with E-state index < -0.39 is 0 Å². The van der Waals surface area contributed by atoms with Gasteiger partial charge in [-0.25, -0.2) is 0 Å². The highest BCUT2D eigenvalue weighted by Gasteiger charge is 2.31. The summed E-state index contributed by atoms with van der Waals surface area (Å²) in [4.78, 5) is 20.3. The number of fused-ring (bicyclic) bond motifs is 1. The van der Waals surface area contributed by atoms with Gasteiger partial charge in [-0.15, -0.1) is 0 Å². The lowest BCUT2D eigenvalue weighted by Gasteiger charge is -2.42. The number of likely N-dealkylation sites (N-methyl/N-ethyl adjacent to an activating group) is 1. The molecule has 146 valence electrons. The number of carbonyl (C=O) groups is 1. The molecule has 0 radical (unpaired) electrons. The SMILES string of the molecule is C[C@@H](C1CCN(C(=O)c2cccc3c2ccn3C)CC1)N1CCN(C)CC1. The van der Waals surface area contributed by atoms with Crippen LogP contribution in [0.5, 0.6) is 0 Å². The number of carbonyl (C=O) groups excluding carboxylic acids is 1. The molecular weight excluding hydrogens is 336 g/mol. The highest BCUT2D eigenvalue weighted by atomic mass is 16.2. The molecule has 2 aromatic rings. The summed E-state index contributed by atoms with van der Waals surface area (Å²) in [5, 5.41) is 1.07. The van der Waals surface area contributed by atoms with Crippen LogP contribution in [0.1, 0.15) is 30.1 Å². The molecule has 0 bridgehead atoms. The second kappa shape index (κ2) is 7.64. The van der Waals surface area contributed by atoms with Crippen molar-refractivity contribution in [3.8, 4) is 0 Å². The first-order valence-electron chi connectivity index (χ1n) is 10.3. The van der Waals surface area contributed by atoms with Crippen molar-refractivity contribution >= 4 is 16.8 Å². The molecule has 5 heteroatoms. The number of hydrogen-bond acceptors (Lipinski definition) is 3. The van der Waals surface area contributed by atoms with Crippen LogP contribution in [-0.4, -0.2) is 77.5 Å². The Hall–Kier alpha value is -1.85. The van der Waals surface area contributed by atoms with Gasteiger partial charge in [0.1, 0.15) is 0 Å². The molecule has 0 spiro atoms. The summed E-state index contributed by atoms with van der Waals surface area (Å²) in [7, 11) is 4.24. The van der Waals surface area contributed by atoms with Gasteiger partial charge in [-0.2, -0.15) is 0 Å². The lowest BCUT2D eigenvalue weighted by Crippen LogP contribution is -2.52. The van der Waals surface area contributed by atoms with Crippen LogP contribution in [0.25, 0.3) is 10.9 Å². The van der Waals surface area contributed by atoms with E-state index in [1.807, 2.05) is 25.4 Å². The summed E-state index contributed by atoms with van der Waals surface area (Å²) in [6, 6.07) is 8.73. The fourth-order valence-electron chi connectivity index (χ4n) is 4.77. The number of aryl methyl sites for hydroxylation is 1. The number of amides is 1. The maximum Gasteiger partial charge on any atom is 0.254 e. The van der Waals surface area contributed by atoms with Crippen molar-refractivity contribution in [3.05, 3.63) is 36.0 Å². The van der Waals surface area contributed by atoms with Crippen LogP contribution >= 0.6 is 0 Å². The molecule has 2 fully saturated rings. The van der Waals surface area contributed by atoms with Crippen molar-refractivity contribution in [1.29, 1.82) is 0 Å². The number of aromatic nitrogens is 1. The quantitative estimate of drug-likeness (QED) is 0.835. The molecule has 0 N–H and O–H groups in total. The predicted octanol–water partition coefficient (Wildman–Crippen LogP) is 2.67. The van der Waals surface area contributed by atoms with Gasteiger partial charge in [0.15, 0.2) is 0 Å². The third kappa shape index (κ3) is 3.63. The molecule has 4 rings (SSSR count). The molecule has 2 aliphatic heterocycles. The van der Waals surface area contributed by atoms with Crippen molar-refractivity contribution < 1.29 is 4.79 Å². The lowest BCUT2D eigenvalue weighted by atomic mass is 9.88. The number of nitrogens with zero attached hydrogens (tertiary/aromatic N) is 4. The Labute approximate surface area is 162 Å². The molecule has 2 aliphatic rings. The van der Waals surface area contributed by atoms with Gasteiger partial charge in [-0.1, -0.05) is 6.07 Å². The second-order valence-corrected chi connectivity index (χ2v) is 8.37. The first kappa shape index (κ1) is 18.5. The van der Waals surface area contributed by atoms with Crippen LogP contribution in [0.4, 0.5) is 0 Å². The Morgan fingerprint density at radius 1 is 1.00 bits per heavy atom. The van der Waals surface area contributed by atoms with E-state index in [-0.39, 0.29) is 5.91 Å². The third-order valence-corrected chi connectivity index (χ3v) is 6.78. The second-order valence-electron chi connectivity index (χ2n) is 8.37. The number of hydrogen-bond donors (Lipinski definition) is 0. The number of piperidine rings is 1. The molecule has 0 saturated carbocycles. The molecule has 1 aromatic heterocycles. The Kier molecular flexibility index (Phi) is 5.24. The summed E-state index contributed by atoms with van der Waals surface area (Å²) in [5.74, 6) is 0.891. The largest absolute Gasteiger partial charge is 0.351 e. The van der Waals surface area contributed by atoms with Gasteiger partial charge in [-0.05, 0) is 50.9 Å². The van der Waals surface area contributed by atoms with E-state index in [9.17, 15) is 4.79 Å². The lowest BCUT2D eigenvalue weighted by molar-refractivity contribution is 0.0501. The van der Waals surface area contributed by atoms with Gasteiger partial charge in [-0.3, -0.25) is 9.69 Å². The van der Waals surface area contributed by atoms with Crippen molar-refractivity contribution in [1.82, 2.24) is 19.3 Å². The Morgan fingerprint density at radius 3 is 2.41 bits per heavy atom. The molecule has 1 amide bonds. The predicted molar refractivity (Wildman–Crippen MR) is 110 cm³/mol. The Bertz CT molecular complexity index is 798. The van der Waals surface area contributed by atoms with Crippen molar-refractivity contribution in [3.63, 3.8) is 0 Å². The zero-order chi connectivity index (χ0) is 19.0. The number of piperazine rings is 1. The van der Waals surface area contributed by atoms with Crippen molar-refractivity contribution in [2.45, 2.75) is 25.8 Å². The van der Waals surface area contributed by atoms with E-state index in [0.29, 0.717) is 12.0 Å². The minimum absolute atomic E-state index is 0.192. The van der Waals surface area contributed by atoms with Crippen LogP contribution in [0.15, 0.2) is 30.5 Å². The Balaban J connectivity index is 1.39. The van der Waals surface area contributed by atoms with Crippen LogP contribution in [0.3, 0.4) is 0 Å². The van der Waals surface area contributed by atoms with Crippen LogP contribution in [0, 0.1) is 5.92 Å². The molecule has 0 aliphatic carbocycles. The van der Waals surface area contributed by atoms with Gasteiger partial charge < -0.3 is 14.4 Å². The molecule has 2 saturated heterocycles. The zero-order valence-corrected chi connectivity index (χ0v) is 16.9. The number of rotatable bonds is 3. The van der Waals surface area contributed by atoms with Crippen LogP contribution in [0.2, 0.25) is 0 Å². The minimum atomic E-state index is 0.192. The van der Waals surface area contributed by atoms with Gasteiger partial charge in [0.2, 0.25) is 0 Å². The summed E-state index contributed by atoms with van der Waals surface area (Å²) in [6.07, 6.45) is 4.26. The minimum Gasteiger partial charge on any atom is -0.351 e. The van der Waals surface area contributed by atoms with Gasteiger partial charge >= 0.3 is 0 Å². The molecule has 1 aromatic carbocycles. The molecule has 27 heavy (non-hydrogen) atoms. The monoisotopic (exact) mass is 368 g/mol.